The second kappa shape index (κ2) is 9.98. The van der Waals surface area contributed by atoms with Crippen LogP contribution in [-0.2, 0) is 11.3 Å². The number of nitrogens with zero attached hydrogens (tertiary/aromatic N) is 2. The zero-order valence-electron chi connectivity index (χ0n) is 18.7. The van der Waals surface area contributed by atoms with E-state index in [1.54, 1.807) is 13.2 Å². The maximum atomic E-state index is 12.3. The molecule has 0 amide bonds. The lowest BCUT2D eigenvalue weighted by atomic mass is 10.2. The molecule has 162 valence electrons. The summed E-state index contributed by atoms with van der Waals surface area (Å²) in [6.45, 7) is 8.32. The van der Waals surface area contributed by atoms with E-state index >= 15 is 0 Å². The third-order valence-corrected chi connectivity index (χ3v) is 4.91. The summed E-state index contributed by atoms with van der Waals surface area (Å²) >= 11 is 0. The Balaban J connectivity index is 1.76. The van der Waals surface area contributed by atoms with Crippen LogP contribution in [0.1, 0.15) is 46.7 Å². The first kappa shape index (κ1) is 22.2. The number of carbonyl (C=O) groups is 1. The molecule has 0 fully saturated rings. The summed E-state index contributed by atoms with van der Waals surface area (Å²) in [5.74, 6) is 0.515. The van der Waals surface area contributed by atoms with Gasteiger partial charge >= 0.3 is 5.97 Å². The average Bonchev–Trinajstić information content (AvgIpc) is 3.04. The van der Waals surface area contributed by atoms with Crippen LogP contribution in [0, 0.1) is 13.8 Å². The molecule has 0 aliphatic rings. The van der Waals surface area contributed by atoms with Gasteiger partial charge in [0.25, 0.3) is 0 Å². The summed E-state index contributed by atoms with van der Waals surface area (Å²) in [5, 5.41) is 4.38. The smallest absolute Gasteiger partial charge is 0.338 e. The molecule has 3 aromatic rings. The molecule has 0 aliphatic heterocycles. The molecule has 3 rings (SSSR count). The number of rotatable bonds is 8. The van der Waals surface area contributed by atoms with Crippen molar-refractivity contribution in [3.8, 4) is 11.4 Å². The van der Waals surface area contributed by atoms with E-state index in [0.29, 0.717) is 12.1 Å². The Hall–Kier alpha value is -3.54. The zero-order chi connectivity index (χ0) is 22.4. The Kier molecular flexibility index (Phi) is 7.13. The highest BCUT2D eigenvalue weighted by Crippen LogP contribution is 2.21. The number of benzene rings is 2. The van der Waals surface area contributed by atoms with E-state index in [2.05, 4.69) is 21.2 Å². The first-order chi connectivity index (χ1) is 14.9. The third-order valence-electron chi connectivity index (χ3n) is 4.91. The maximum Gasteiger partial charge on any atom is 0.338 e. The van der Waals surface area contributed by atoms with Crippen molar-refractivity contribution >= 4 is 12.2 Å². The molecule has 6 heteroatoms. The summed E-state index contributed by atoms with van der Waals surface area (Å²) in [4.78, 5) is 12.3. The van der Waals surface area contributed by atoms with Gasteiger partial charge in [0.2, 0.25) is 0 Å². The first-order valence-electron chi connectivity index (χ1n) is 10.3. The van der Waals surface area contributed by atoms with E-state index in [-0.39, 0.29) is 12.1 Å². The topological polar surface area (TPSA) is 64.8 Å². The van der Waals surface area contributed by atoms with Crippen molar-refractivity contribution in [3.63, 3.8) is 0 Å². The van der Waals surface area contributed by atoms with E-state index in [4.69, 9.17) is 9.47 Å². The number of nitrogens with one attached hydrogen (secondary N) is 1. The van der Waals surface area contributed by atoms with Crippen molar-refractivity contribution in [3.05, 3.63) is 82.7 Å². The Morgan fingerprint density at radius 2 is 1.90 bits per heavy atom. The molecule has 0 saturated carbocycles. The molecule has 0 saturated heterocycles. The average molecular weight is 420 g/mol. The number of aromatic nitrogens is 1. The van der Waals surface area contributed by atoms with Gasteiger partial charge < -0.3 is 19.5 Å². The highest BCUT2D eigenvalue weighted by atomic mass is 16.5. The van der Waals surface area contributed by atoms with Crippen molar-refractivity contribution in [2.45, 2.75) is 40.3 Å². The van der Waals surface area contributed by atoms with Gasteiger partial charge in [0.15, 0.2) is 0 Å². The quantitative estimate of drug-likeness (QED) is 0.324. The van der Waals surface area contributed by atoms with Gasteiger partial charge in [-0.2, -0.15) is 5.10 Å². The molecular weight excluding hydrogens is 390 g/mol. The van der Waals surface area contributed by atoms with E-state index in [9.17, 15) is 4.79 Å². The van der Waals surface area contributed by atoms with Crippen molar-refractivity contribution in [2.24, 2.45) is 5.10 Å². The summed E-state index contributed by atoms with van der Waals surface area (Å²) in [5.41, 5.74) is 8.66. The fourth-order valence-electron chi connectivity index (χ4n) is 3.46. The maximum absolute atomic E-state index is 12.3. The predicted molar refractivity (Wildman–Crippen MR) is 123 cm³/mol. The highest BCUT2D eigenvalue weighted by Gasteiger charge is 2.13. The molecule has 2 aromatic carbocycles. The number of hydrazone groups is 1. The number of hydrogen-bond donors (Lipinski definition) is 1. The minimum atomic E-state index is -0.318. The molecule has 0 unspecified atom stereocenters. The Morgan fingerprint density at radius 3 is 2.65 bits per heavy atom. The molecule has 0 radical (unpaired) electrons. The van der Waals surface area contributed by atoms with Gasteiger partial charge in [0.1, 0.15) is 5.75 Å². The predicted octanol–water partition coefficient (Wildman–Crippen LogP) is 4.79. The molecule has 6 nitrogen and oxygen atoms in total. The van der Waals surface area contributed by atoms with Crippen LogP contribution < -0.4 is 10.2 Å². The Bertz CT molecular complexity index is 1080. The summed E-state index contributed by atoms with van der Waals surface area (Å²) in [6.07, 6.45) is 1.66. The lowest BCUT2D eigenvalue weighted by molar-refractivity contribution is 0.0378. The van der Waals surface area contributed by atoms with Gasteiger partial charge in [-0.05, 0) is 58.0 Å². The number of aryl methyl sites for hydroxylation is 1. The van der Waals surface area contributed by atoms with Crippen LogP contribution in [0.5, 0.6) is 5.75 Å². The second-order valence-corrected chi connectivity index (χ2v) is 7.57. The molecule has 31 heavy (non-hydrogen) atoms. The lowest BCUT2D eigenvalue weighted by Crippen LogP contribution is -2.12. The molecule has 0 bridgehead atoms. The van der Waals surface area contributed by atoms with Gasteiger partial charge in [0.05, 0.1) is 31.5 Å². The molecule has 0 aliphatic carbocycles. The van der Waals surface area contributed by atoms with Crippen molar-refractivity contribution in [1.82, 2.24) is 9.99 Å². The summed E-state index contributed by atoms with van der Waals surface area (Å²) < 4.78 is 12.8. The number of hydrogen-bond acceptors (Lipinski definition) is 5. The fraction of sp³-hybridized carbons (Fsp3) is 0.280. The minimum absolute atomic E-state index is 0.155. The summed E-state index contributed by atoms with van der Waals surface area (Å²) in [7, 11) is 1.66. The van der Waals surface area contributed by atoms with E-state index in [0.717, 1.165) is 34.0 Å². The van der Waals surface area contributed by atoms with Gasteiger partial charge in [-0.3, -0.25) is 0 Å². The van der Waals surface area contributed by atoms with Crippen molar-refractivity contribution in [1.29, 1.82) is 0 Å². The van der Waals surface area contributed by atoms with E-state index < -0.39 is 0 Å². The van der Waals surface area contributed by atoms with Crippen LogP contribution in [0.25, 0.3) is 5.69 Å². The van der Waals surface area contributed by atoms with Gasteiger partial charge in [-0.25, -0.2) is 4.79 Å². The van der Waals surface area contributed by atoms with Crippen molar-refractivity contribution < 1.29 is 14.3 Å². The molecule has 1 aromatic heterocycles. The fourth-order valence-corrected chi connectivity index (χ4v) is 3.46. The number of ether oxygens (including phenoxy) is 2. The van der Waals surface area contributed by atoms with Crippen LogP contribution in [0.4, 0.5) is 0 Å². The molecule has 1 N–H and O–H groups in total. The van der Waals surface area contributed by atoms with Crippen LogP contribution in [-0.4, -0.2) is 30.0 Å². The minimum Gasteiger partial charge on any atom is -0.496 e. The first-order valence-corrected chi connectivity index (χ1v) is 10.3. The normalized spacial score (nSPS) is 11.2. The summed E-state index contributed by atoms with van der Waals surface area (Å²) in [6, 6.07) is 17.4. The molecular formula is C25H29N3O3. The molecule has 0 atom stereocenters. The van der Waals surface area contributed by atoms with Gasteiger partial charge in [-0.1, -0.05) is 24.3 Å². The SMILES string of the molecule is COc1ccccc1CN/N=C/c1cc(C)n(-c2cccc(C(=O)OC(C)C)c2)c1C. The van der Waals surface area contributed by atoms with Gasteiger partial charge in [-0.15, -0.1) is 0 Å². The van der Waals surface area contributed by atoms with Crippen LogP contribution in [0.2, 0.25) is 0 Å². The standard InChI is InChI=1S/C25H29N3O3/c1-17(2)31-25(29)20-10-8-11-23(14-20)28-18(3)13-22(19(28)4)16-27-26-15-21-9-6-7-12-24(21)30-5/h6-14,16-17,26H,15H2,1-5H3/b27-16+. The Morgan fingerprint density at radius 1 is 1.13 bits per heavy atom. The van der Waals surface area contributed by atoms with Gasteiger partial charge in [0, 0.05) is 28.2 Å². The van der Waals surface area contributed by atoms with E-state index in [1.807, 2.05) is 76.4 Å². The third kappa shape index (κ3) is 5.34. The Labute approximate surface area is 183 Å². The number of para-hydroxylation sites is 1. The lowest BCUT2D eigenvalue weighted by Gasteiger charge is -2.12. The van der Waals surface area contributed by atoms with Crippen LogP contribution in [0.3, 0.4) is 0 Å². The molecule has 1 heterocycles. The monoisotopic (exact) mass is 419 g/mol. The number of methoxy groups -OCH3 is 1. The highest BCUT2D eigenvalue weighted by molar-refractivity contribution is 5.90. The van der Waals surface area contributed by atoms with Crippen LogP contribution in [0.15, 0.2) is 59.7 Å². The molecule has 0 spiro atoms. The largest absolute Gasteiger partial charge is 0.496 e. The second-order valence-electron chi connectivity index (χ2n) is 7.57. The zero-order valence-corrected chi connectivity index (χ0v) is 18.7. The van der Waals surface area contributed by atoms with Crippen molar-refractivity contribution in [2.75, 3.05) is 7.11 Å². The van der Waals surface area contributed by atoms with Crippen LogP contribution >= 0.6 is 0 Å². The number of carbonyl (C=O) groups excluding carboxylic acids is 1. The number of esters is 1. The van der Waals surface area contributed by atoms with E-state index in [1.165, 1.54) is 0 Å².